The van der Waals surface area contributed by atoms with E-state index in [-0.39, 0.29) is 24.3 Å². The first-order valence-corrected chi connectivity index (χ1v) is 10.1. The second-order valence-electron chi connectivity index (χ2n) is 8.75. The number of hydrogen-bond donors (Lipinski definition) is 1. The van der Waals surface area contributed by atoms with Crippen molar-refractivity contribution in [1.82, 2.24) is 15.1 Å². The molecule has 2 fully saturated rings. The number of nitrogens with zero attached hydrogens (tertiary/aromatic N) is 2. The highest BCUT2D eigenvalue weighted by Gasteiger charge is 2.50. The molecule has 0 bridgehead atoms. The molecule has 0 spiro atoms. The molecule has 2 aliphatic heterocycles. The van der Waals surface area contributed by atoms with Crippen LogP contribution in [-0.4, -0.2) is 51.4 Å². The number of carbonyl (C=O) groups excluding carboxylic acids is 1. The van der Waals surface area contributed by atoms with Crippen LogP contribution < -0.4 is 5.32 Å². The van der Waals surface area contributed by atoms with Crippen molar-refractivity contribution in [3.8, 4) is 0 Å². The van der Waals surface area contributed by atoms with E-state index in [1.807, 2.05) is 20.8 Å². The fourth-order valence-electron chi connectivity index (χ4n) is 4.58. The summed E-state index contributed by atoms with van der Waals surface area (Å²) in [5, 5.41) is 3.85. The van der Waals surface area contributed by atoms with Gasteiger partial charge in [0.15, 0.2) is 5.11 Å². The Morgan fingerprint density at radius 1 is 1.29 bits per heavy atom. The van der Waals surface area contributed by atoms with Gasteiger partial charge >= 0.3 is 6.09 Å². The van der Waals surface area contributed by atoms with E-state index in [1.54, 1.807) is 4.90 Å². The summed E-state index contributed by atoms with van der Waals surface area (Å²) in [6.45, 7) is 6.11. The number of halogens is 2. The van der Waals surface area contributed by atoms with Crippen molar-refractivity contribution in [2.45, 2.75) is 70.3 Å². The third-order valence-electron chi connectivity index (χ3n) is 5.69. The van der Waals surface area contributed by atoms with E-state index in [0.717, 1.165) is 18.9 Å². The molecule has 0 radical (unpaired) electrons. The monoisotopic (exact) mass is 409 g/mol. The first kappa shape index (κ1) is 19.4. The molecule has 2 unspecified atom stereocenters. The lowest BCUT2D eigenvalue weighted by Crippen LogP contribution is -2.47. The van der Waals surface area contributed by atoms with Gasteiger partial charge in [-0.25, -0.2) is 13.6 Å². The summed E-state index contributed by atoms with van der Waals surface area (Å²) in [6.07, 6.45) is 2.04. The molecule has 0 saturated carbocycles. The number of likely N-dealkylation sites (tertiary alicyclic amines) is 1. The zero-order valence-corrected chi connectivity index (χ0v) is 17.1. The second-order valence-corrected chi connectivity index (χ2v) is 9.14. The van der Waals surface area contributed by atoms with Gasteiger partial charge in [-0.3, -0.25) is 4.90 Å². The van der Waals surface area contributed by atoms with Gasteiger partial charge in [-0.2, -0.15) is 0 Å². The molecule has 28 heavy (non-hydrogen) atoms. The summed E-state index contributed by atoms with van der Waals surface area (Å²) in [6, 6.07) is 2.48. The lowest BCUT2D eigenvalue weighted by Gasteiger charge is -2.36. The van der Waals surface area contributed by atoms with Crippen molar-refractivity contribution in [3.63, 3.8) is 0 Å². The van der Waals surface area contributed by atoms with Gasteiger partial charge in [0.25, 0.3) is 0 Å². The average molecular weight is 410 g/mol. The predicted molar refractivity (Wildman–Crippen MR) is 105 cm³/mol. The van der Waals surface area contributed by atoms with Gasteiger partial charge in [0.2, 0.25) is 0 Å². The van der Waals surface area contributed by atoms with Crippen LogP contribution in [0.5, 0.6) is 0 Å². The van der Waals surface area contributed by atoms with Gasteiger partial charge in [-0.1, -0.05) is 0 Å². The molecule has 3 atom stereocenters. The first-order valence-electron chi connectivity index (χ1n) is 9.69. The minimum absolute atomic E-state index is 0.0463. The van der Waals surface area contributed by atoms with Gasteiger partial charge in [0, 0.05) is 18.7 Å². The zero-order valence-electron chi connectivity index (χ0n) is 16.3. The summed E-state index contributed by atoms with van der Waals surface area (Å²) >= 11 is 5.56. The Kier molecular flexibility index (Phi) is 4.72. The molecule has 1 aromatic carbocycles. The minimum Gasteiger partial charge on any atom is -0.444 e. The Morgan fingerprint density at radius 3 is 2.75 bits per heavy atom. The summed E-state index contributed by atoms with van der Waals surface area (Å²) < 4.78 is 33.3. The van der Waals surface area contributed by atoms with Crippen LogP contribution in [-0.2, 0) is 17.6 Å². The van der Waals surface area contributed by atoms with Crippen molar-refractivity contribution in [1.29, 1.82) is 0 Å². The van der Waals surface area contributed by atoms with Crippen LogP contribution in [0.4, 0.5) is 13.6 Å². The smallest absolute Gasteiger partial charge is 0.412 e. The highest BCUT2D eigenvalue weighted by molar-refractivity contribution is 7.80. The van der Waals surface area contributed by atoms with Gasteiger partial charge in [-0.05, 0) is 75.9 Å². The summed E-state index contributed by atoms with van der Waals surface area (Å²) in [7, 11) is 0. The second kappa shape index (κ2) is 6.83. The van der Waals surface area contributed by atoms with Crippen LogP contribution in [0.2, 0.25) is 0 Å². The largest absolute Gasteiger partial charge is 0.444 e. The van der Waals surface area contributed by atoms with Crippen molar-refractivity contribution >= 4 is 23.4 Å². The number of benzene rings is 1. The van der Waals surface area contributed by atoms with Crippen LogP contribution in [0.15, 0.2) is 12.1 Å². The molecular formula is C20H25F2N3O2S. The molecule has 2 heterocycles. The highest BCUT2D eigenvalue weighted by Crippen LogP contribution is 2.35. The quantitative estimate of drug-likeness (QED) is 0.721. The van der Waals surface area contributed by atoms with E-state index in [9.17, 15) is 13.6 Å². The number of hydrogen-bond acceptors (Lipinski definition) is 3. The zero-order chi connectivity index (χ0) is 20.2. The third-order valence-corrected chi connectivity index (χ3v) is 6.01. The van der Waals surface area contributed by atoms with Crippen molar-refractivity contribution in [3.05, 3.63) is 34.9 Å². The Balaban J connectivity index is 1.51. The molecule has 152 valence electrons. The Morgan fingerprint density at radius 2 is 2.04 bits per heavy atom. The molecule has 2 saturated heterocycles. The van der Waals surface area contributed by atoms with Gasteiger partial charge in [0.1, 0.15) is 23.4 Å². The third kappa shape index (κ3) is 3.43. The number of nitrogens with one attached hydrogen (secondary N) is 1. The number of thiocarbonyl (C=S) groups is 1. The Bertz CT molecular complexity index is 826. The van der Waals surface area contributed by atoms with E-state index in [0.29, 0.717) is 35.6 Å². The fourth-order valence-corrected chi connectivity index (χ4v) is 4.98. The number of carbonyl (C=O) groups is 1. The average Bonchev–Trinajstić information content (AvgIpc) is 3.10. The molecule has 8 heteroatoms. The number of amides is 1. The van der Waals surface area contributed by atoms with Crippen LogP contribution in [0.25, 0.3) is 0 Å². The normalized spacial score (nSPS) is 26.8. The molecular weight excluding hydrogens is 384 g/mol. The lowest BCUT2D eigenvalue weighted by molar-refractivity contribution is 0.0205. The van der Waals surface area contributed by atoms with E-state index in [2.05, 4.69) is 10.2 Å². The number of ether oxygens (including phenoxy) is 1. The summed E-state index contributed by atoms with van der Waals surface area (Å²) in [4.78, 5) is 16.4. The molecule has 5 nitrogen and oxygen atoms in total. The Labute approximate surface area is 169 Å². The number of fused-ring (bicyclic) bond motifs is 2. The van der Waals surface area contributed by atoms with E-state index >= 15 is 0 Å². The minimum atomic E-state index is -0.560. The fraction of sp³-hybridized carbons (Fsp3) is 0.600. The van der Waals surface area contributed by atoms with Gasteiger partial charge in [-0.15, -0.1) is 0 Å². The molecule has 1 aromatic rings. The maximum Gasteiger partial charge on any atom is 0.412 e. The van der Waals surface area contributed by atoms with E-state index in [4.69, 9.17) is 17.0 Å². The van der Waals surface area contributed by atoms with Crippen LogP contribution >= 0.6 is 12.2 Å². The standard InChI is InChI=1S/C20H25F2N3O2S/c1-20(2,3)27-19(26)24-7-6-16-17(24)23-18(28)25(16)13-4-5-14-11(9-13)8-12(21)10-15(14)22/h8,10,13,16-17H,4-7,9H2,1-3H3,(H,23,28)/t13-,16?,17?/m0/s1. The predicted octanol–water partition coefficient (Wildman–Crippen LogP) is 3.35. The molecule has 1 amide bonds. The SMILES string of the molecule is CC(C)(C)OC(=O)N1CCC2C1NC(=S)N2[C@H]1CCc2c(F)cc(F)cc2C1. The molecule has 1 N–H and O–H groups in total. The molecule has 4 rings (SSSR count). The maximum atomic E-state index is 14.1. The van der Waals surface area contributed by atoms with Crippen LogP contribution in [0.3, 0.4) is 0 Å². The molecule has 3 aliphatic rings. The van der Waals surface area contributed by atoms with Gasteiger partial charge in [0.05, 0.1) is 6.04 Å². The maximum absolute atomic E-state index is 14.1. The summed E-state index contributed by atoms with van der Waals surface area (Å²) in [5.41, 5.74) is 0.755. The van der Waals surface area contributed by atoms with Crippen molar-refractivity contribution in [2.75, 3.05) is 6.54 Å². The summed E-state index contributed by atoms with van der Waals surface area (Å²) in [5.74, 6) is -1.01. The molecule has 0 aromatic heterocycles. The highest BCUT2D eigenvalue weighted by atomic mass is 32.1. The van der Waals surface area contributed by atoms with Crippen molar-refractivity contribution < 1.29 is 18.3 Å². The van der Waals surface area contributed by atoms with Crippen LogP contribution in [0, 0.1) is 11.6 Å². The van der Waals surface area contributed by atoms with Crippen LogP contribution in [0.1, 0.15) is 44.7 Å². The number of rotatable bonds is 1. The molecule has 1 aliphatic carbocycles. The van der Waals surface area contributed by atoms with Gasteiger partial charge < -0.3 is 15.0 Å². The topological polar surface area (TPSA) is 44.8 Å². The lowest BCUT2D eigenvalue weighted by atomic mass is 9.86. The first-order chi connectivity index (χ1) is 13.1. The Hall–Kier alpha value is -1.96. The van der Waals surface area contributed by atoms with E-state index in [1.165, 1.54) is 6.07 Å². The van der Waals surface area contributed by atoms with Crippen molar-refractivity contribution in [2.24, 2.45) is 0 Å². The van der Waals surface area contributed by atoms with E-state index < -0.39 is 17.2 Å².